The van der Waals surface area contributed by atoms with Gasteiger partial charge in [0.2, 0.25) is 0 Å². The maximum atomic E-state index is 2.31. The molecule has 3 heteroatoms. The van der Waals surface area contributed by atoms with Gasteiger partial charge < -0.3 is 24.8 Å². The molecule has 1 aromatic carbocycles. The molecule has 0 fully saturated rings. The van der Waals surface area contributed by atoms with E-state index in [0.717, 1.165) is 5.92 Å². The van der Waals surface area contributed by atoms with Crippen molar-refractivity contribution < 1.29 is 51.0 Å². The number of fused-ring (bicyclic) bond motifs is 2. The van der Waals surface area contributed by atoms with Crippen molar-refractivity contribution in [2.24, 2.45) is 5.92 Å². The van der Waals surface area contributed by atoms with Crippen LogP contribution in [0.3, 0.4) is 0 Å². The first-order chi connectivity index (χ1) is 6.45. The Morgan fingerprint density at radius 1 is 1.06 bits per heavy atom. The third-order valence-corrected chi connectivity index (χ3v) is 2.41. The number of allylic oxidation sites excluding steroid dienone is 4. The molecule has 84 valence electrons. The number of hydrogen-bond donors (Lipinski definition) is 0. The Labute approximate surface area is 130 Å². The second-order valence-corrected chi connectivity index (χ2v) is 3.50. The van der Waals surface area contributed by atoms with E-state index in [1.807, 2.05) is 30.3 Å². The summed E-state index contributed by atoms with van der Waals surface area (Å²) in [6, 6.07) is 10.0. The van der Waals surface area contributed by atoms with Crippen LogP contribution in [0.5, 0.6) is 0 Å². The van der Waals surface area contributed by atoms with Crippen LogP contribution >= 0.6 is 0 Å². The smallest absolute Gasteiger partial charge is 1.00 e. The van der Waals surface area contributed by atoms with Gasteiger partial charge in [-0.2, -0.15) is 48.4 Å². The van der Waals surface area contributed by atoms with Crippen LogP contribution < -0.4 is 24.8 Å². The first-order valence-electron chi connectivity index (χ1n) is 4.82. The summed E-state index contributed by atoms with van der Waals surface area (Å²) in [7, 11) is 0. The van der Waals surface area contributed by atoms with E-state index >= 15 is 0 Å². The van der Waals surface area contributed by atoms with E-state index in [0.29, 0.717) is 0 Å². The minimum Gasteiger partial charge on any atom is -1.00 e. The Bertz CT molecular complexity index is 272. The van der Waals surface area contributed by atoms with Gasteiger partial charge >= 0.3 is 26.2 Å². The quantitative estimate of drug-likeness (QED) is 0.461. The molecule has 3 rings (SSSR count). The summed E-state index contributed by atoms with van der Waals surface area (Å²) in [6.45, 7) is 0. The topological polar surface area (TPSA) is 0 Å². The second-order valence-electron chi connectivity index (χ2n) is 3.50. The van der Waals surface area contributed by atoms with Gasteiger partial charge in [-0.25, -0.2) is 12.1 Å². The molecule has 0 amide bonds. The first kappa shape index (κ1) is 18.5. The SMILES string of the molecule is C1=C[C-]2C=CC(C1)C2.[Cl-].[Cl-].[Zr+4].c1cc[cH-]c1. The fourth-order valence-corrected chi connectivity index (χ4v) is 1.70. The molecule has 0 spiro atoms. The molecule has 0 aliphatic heterocycles. The monoisotopic (exact) mass is 330 g/mol. The van der Waals surface area contributed by atoms with Crippen molar-refractivity contribution in [3.05, 3.63) is 60.6 Å². The minimum atomic E-state index is 0. The second kappa shape index (κ2) is 10.3. The predicted molar refractivity (Wildman–Crippen MR) is 56.3 cm³/mol. The van der Waals surface area contributed by atoms with E-state index in [1.165, 1.54) is 18.8 Å². The fraction of sp³-hybridized carbons (Fsp3) is 0.231. The largest absolute Gasteiger partial charge is 4.00 e. The van der Waals surface area contributed by atoms with Gasteiger partial charge in [0.05, 0.1) is 0 Å². The molecule has 2 aliphatic rings. The van der Waals surface area contributed by atoms with Crippen LogP contribution in [0.1, 0.15) is 12.8 Å². The van der Waals surface area contributed by atoms with Gasteiger partial charge in [-0.1, -0.05) is 18.8 Å². The van der Waals surface area contributed by atoms with E-state index in [9.17, 15) is 0 Å². The van der Waals surface area contributed by atoms with E-state index in [1.54, 1.807) is 0 Å². The molecule has 2 aliphatic carbocycles. The van der Waals surface area contributed by atoms with E-state index in [-0.39, 0.29) is 51.0 Å². The number of halogens is 2. The molecule has 1 aromatic rings. The fourth-order valence-electron chi connectivity index (χ4n) is 1.70. The Morgan fingerprint density at radius 2 is 1.75 bits per heavy atom. The summed E-state index contributed by atoms with van der Waals surface area (Å²) in [6.07, 6.45) is 11.6. The van der Waals surface area contributed by atoms with Gasteiger partial charge in [-0.15, -0.1) is 0 Å². The Hall–Kier alpha value is 0.163. The molecule has 0 heterocycles. The van der Waals surface area contributed by atoms with Crippen LogP contribution in [0, 0.1) is 11.8 Å². The van der Waals surface area contributed by atoms with Crippen molar-refractivity contribution in [2.75, 3.05) is 0 Å². The average molecular weight is 332 g/mol. The van der Waals surface area contributed by atoms with Crippen molar-refractivity contribution in [2.45, 2.75) is 12.8 Å². The average Bonchev–Trinajstić information content (AvgIpc) is 2.80. The van der Waals surface area contributed by atoms with Gasteiger partial charge in [-0.3, -0.25) is 0 Å². The van der Waals surface area contributed by atoms with Gasteiger partial charge in [0.1, 0.15) is 0 Å². The summed E-state index contributed by atoms with van der Waals surface area (Å²) >= 11 is 0. The van der Waals surface area contributed by atoms with Gasteiger partial charge in [0.15, 0.2) is 0 Å². The third kappa shape index (κ3) is 6.04. The molecule has 0 saturated carbocycles. The summed E-state index contributed by atoms with van der Waals surface area (Å²) in [4.78, 5) is 0. The Morgan fingerprint density at radius 3 is 2.19 bits per heavy atom. The van der Waals surface area contributed by atoms with Gasteiger partial charge in [0.25, 0.3) is 0 Å². The van der Waals surface area contributed by atoms with Crippen LogP contribution in [0.25, 0.3) is 0 Å². The standard InChI is InChI=1S/C8H9.C5H5.2ClH.Zr/c1-2-7-4-5-8(3-1)6-7;1-2-4-5-3-1;;;/h1-2,4-5,8H,3,6H2;1-5H;2*1H;/q2*-1;;;+4/p-2. The van der Waals surface area contributed by atoms with E-state index < -0.39 is 0 Å². The summed E-state index contributed by atoms with van der Waals surface area (Å²) < 4.78 is 0. The molecular weight excluding hydrogens is 318 g/mol. The summed E-state index contributed by atoms with van der Waals surface area (Å²) in [5.74, 6) is 2.37. The predicted octanol–water partition coefficient (Wildman–Crippen LogP) is -2.49. The normalized spacial score (nSPS) is 18.5. The number of rotatable bonds is 0. The molecule has 0 saturated heterocycles. The molecule has 0 aromatic heterocycles. The molecule has 0 nitrogen and oxygen atoms in total. The Kier molecular flexibility index (Phi) is 12.0. The molecule has 2 bridgehead atoms. The van der Waals surface area contributed by atoms with Crippen molar-refractivity contribution in [1.82, 2.24) is 0 Å². The third-order valence-electron chi connectivity index (χ3n) is 2.41. The molecule has 0 N–H and O–H groups in total. The van der Waals surface area contributed by atoms with Crippen LogP contribution in [0.15, 0.2) is 54.6 Å². The maximum Gasteiger partial charge on any atom is 4.00 e. The van der Waals surface area contributed by atoms with Gasteiger partial charge in [0, 0.05) is 0 Å². The van der Waals surface area contributed by atoms with Crippen LogP contribution in [0.4, 0.5) is 0 Å². The van der Waals surface area contributed by atoms with Gasteiger partial charge in [-0.05, 0) is 0 Å². The molecule has 16 heavy (non-hydrogen) atoms. The maximum absolute atomic E-state index is 2.31. The van der Waals surface area contributed by atoms with Crippen molar-refractivity contribution in [1.29, 1.82) is 0 Å². The molecule has 1 unspecified atom stereocenters. The van der Waals surface area contributed by atoms with Crippen LogP contribution in [-0.2, 0) is 26.2 Å². The Balaban J connectivity index is 0. The zero-order chi connectivity index (χ0) is 8.93. The van der Waals surface area contributed by atoms with Crippen LogP contribution in [-0.4, -0.2) is 0 Å². The molecular formula is C13H14Cl2Zr. The van der Waals surface area contributed by atoms with E-state index in [2.05, 4.69) is 24.3 Å². The summed E-state index contributed by atoms with van der Waals surface area (Å²) in [5.41, 5.74) is 0. The molecule has 1 atom stereocenters. The van der Waals surface area contributed by atoms with Crippen LogP contribution in [0.2, 0.25) is 0 Å². The first-order valence-corrected chi connectivity index (χ1v) is 4.82. The molecule has 0 radical (unpaired) electrons. The zero-order valence-electron chi connectivity index (χ0n) is 8.94. The van der Waals surface area contributed by atoms with E-state index in [4.69, 9.17) is 0 Å². The zero-order valence-corrected chi connectivity index (χ0v) is 12.9. The van der Waals surface area contributed by atoms with Crippen molar-refractivity contribution >= 4 is 0 Å². The van der Waals surface area contributed by atoms with Crippen molar-refractivity contribution in [3.8, 4) is 0 Å². The minimum absolute atomic E-state index is 0. The van der Waals surface area contributed by atoms with Crippen molar-refractivity contribution in [3.63, 3.8) is 0 Å². The number of hydrogen-bond acceptors (Lipinski definition) is 0. The summed E-state index contributed by atoms with van der Waals surface area (Å²) in [5, 5.41) is 0.